The number of benzene rings is 1. The number of carbonyl (C=O) groups excluding carboxylic acids is 1. The highest BCUT2D eigenvalue weighted by molar-refractivity contribution is 9.10. The summed E-state index contributed by atoms with van der Waals surface area (Å²) in [6.07, 6.45) is 0.687. The van der Waals surface area contributed by atoms with Gasteiger partial charge < -0.3 is 9.47 Å². The summed E-state index contributed by atoms with van der Waals surface area (Å²) in [4.78, 5) is 19.5. The Bertz CT molecular complexity index is 593. The average molecular weight is 338 g/mol. The van der Waals surface area contributed by atoms with Gasteiger partial charge in [0.1, 0.15) is 17.4 Å². The average Bonchev–Trinajstić information content (AvgIpc) is 2.48. The standard InChI is InChI=1S/C13H12BrN3O3/c1-19-12-10(14)11(15-8-16-12)17-13(18)20-7-9-5-3-2-4-6-9/h2-6,8H,7H2,1H3,(H,15,16,17,18). The maximum absolute atomic E-state index is 11.7. The third kappa shape index (κ3) is 3.67. The van der Waals surface area contributed by atoms with E-state index in [1.807, 2.05) is 30.3 Å². The molecule has 0 fully saturated rings. The molecule has 2 aromatic rings. The summed E-state index contributed by atoms with van der Waals surface area (Å²) in [7, 11) is 1.48. The Balaban J connectivity index is 1.95. The highest BCUT2D eigenvalue weighted by atomic mass is 79.9. The van der Waals surface area contributed by atoms with Crippen LogP contribution in [0.3, 0.4) is 0 Å². The summed E-state index contributed by atoms with van der Waals surface area (Å²) in [6.45, 7) is 0.187. The number of amides is 1. The molecule has 0 saturated carbocycles. The van der Waals surface area contributed by atoms with E-state index in [2.05, 4.69) is 31.2 Å². The van der Waals surface area contributed by atoms with Gasteiger partial charge >= 0.3 is 6.09 Å². The van der Waals surface area contributed by atoms with Gasteiger partial charge in [0, 0.05) is 0 Å². The molecule has 1 aromatic heterocycles. The van der Waals surface area contributed by atoms with Crippen LogP contribution < -0.4 is 10.1 Å². The maximum atomic E-state index is 11.7. The molecular weight excluding hydrogens is 326 g/mol. The fourth-order valence-corrected chi connectivity index (χ4v) is 1.90. The van der Waals surface area contributed by atoms with Gasteiger partial charge in [-0.1, -0.05) is 30.3 Å². The molecule has 0 bridgehead atoms. The lowest BCUT2D eigenvalue weighted by Gasteiger charge is -2.09. The molecule has 0 aliphatic rings. The predicted molar refractivity (Wildman–Crippen MR) is 76.5 cm³/mol. The third-order valence-corrected chi connectivity index (χ3v) is 3.10. The Labute approximate surface area is 124 Å². The predicted octanol–water partition coefficient (Wildman–Crippen LogP) is 3.00. The molecule has 1 heterocycles. The van der Waals surface area contributed by atoms with Crippen molar-refractivity contribution in [2.24, 2.45) is 0 Å². The molecule has 0 spiro atoms. The van der Waals surface area contributed by atoms with Gasteiger partial charge in [-0.05, 0) is 21.5 Å². The first-order valence-corrected chi connectivity index (χ1v) is 6.52. The highest BCUT2D eigenvalue weighted by Gasteiger charge is 2.12. The summed E-state index contributed by atoms with van der Waals surface area (Å²) in [6, 6.07) is 9.40. The van der Waals surface area contributed by atoms with Crippen molar-refractivity contribution in [1.82, 2.24) is 9.97 Å². The smallest absolute Gasteiger partial charge is 0.413 e. The zero-order valence-corrected chi connectivity index (χ0v) is 12.3. The Morgan fingerprint density at radius 1 is 1.30 bits per heavy atom. The number of hydrogen-bond donors (Lipinski definition) is 1. The molecule has 0 unspecified atom stereocenters. The molecule has 1 aromatic carbocycles. The van der Waals surface area contributed by atoms with Gasteiger partial charge in [0.25, 0.3) is 0 Å². The van der Waals surface area contributed by atoms with Crippen LogP contribution in [0.5, 0.6) is 5.88 Å². The van der Waals surface area contributed by atoms with E-state index >= 15 is 0 Å². The van der Waals surface area contributed by atoms with Crippen LogP contribution in [-0.2, 0) is 11.3 Å². The number of carbonyl (C=O) groups is 1. The van der Waals surface area contributed by atoms with Gasteiger partial charge in [0.15, 0.2) is 5.82 Å². The first-order valence-electron chi connectivity index (χ1n) is 5.73. The Hall–Kier alpha value is -2.15. The minimum absolute atomic E-state index is 0.187. The number of halogens is 1. The van der Waals surface area contributed by atoms with Gasteiger partial charge in [-0.2, -0.15) is 0 Å². The van der Waals surface area contributed by atoms with Crippen LogP contribution in [-0.4, -0.2) is 23.2 Å². The van der Waals surface area contributed by atoms with E-state index in [4.69, 9.17) is 9.47 Å². The summed E-state index contributed by atoms with van der Waals surface area (Å²) in [5.74, 6) is 0.619. The lowest BCUT2D eigenvalue weighted by atomic mass is 10.2. The zero-order chi connectivity index (χ0) is 14.4. The van der Waals surface area contributed by atoms with Gasteiger partial charge in [0.05, 0.1) is 7.11 Å². The second-order valence-electron chi connectivity index (χ2n) is 3.73. The lowest BCUT2D eigenvalue weighted by molar-refractivity contribution is 0.155. The van der Waals surface area contributed by atoms with Crippen molar-refractivity contribution in [2.45, 2.75) is 6.61 Å². The number of methoxy groups -OCH3 is 1. The van der Waals surface area contributed by atoms with Crippen molar-refractivity contribution in [3.63, 3.8) is 0 Å². The molecule has 2 rings (SSSR count). The van der Waals surface area contributed by atoms with Crippen LogP contribution >= 0.6 is 15.9 Å². The molecule has 0 radical (unpaired) electrons. The minimum atomic E-state index is -0.602. The van der Waals surface area contributed by atoms with E-state index in [-0.39, 0.29) is 12.4 Å². The highest BCUT2D eigenvalue weighted by Crippen LogP contribution is 2.27. The molecule has 0 aliphatic heterocycles. The molecular formula is C13H12BrN3O3. The summed E-state index contributed by atoms with van der Waals surface area (Å²) < 4.78 is 10.6. The van der Waals surface area contributed by atoms with Crippen LogP contribution in [0.25, 0.3) is 0 Å². The van der Waals surface area contributed by atoms with Gasteiger partial charge in [0.2, 0.25) is 5.88 Å². The number of aromatic nitrogens is 2. The van der Waals surface area contributed by atoms with Crippen LogP contribution in [0.4, 0.5) is 10.6 Å². The SMILES string of the molecule is COc1ncnc(NC(=O)OCc2ccccc2)c1Br. The number of ether oxygens (including phenoxy) is 2. The lowest BCUT2D eigenvalue weighted by Crippen LogP contribution is -2.15. The van der Waals surface area contributed by atoms with Crippen LogP contribution in [0.15, 0.2) is 41.1 Å². The molecule has 0 atom stereocenters. The fourth-order valence-electron chi connectivity index (χ4n) is 1.44. The number of hydrogen-bond acceptors (Lipinski definition) is 5. The maximum Gasteiger partial charge on any atom is 0.413 e. The van der Waals surface area contributed by atoms with Gasteiger partial charge in [-0.3, -0.25) is 5.32 Å². The van der Waals surface area contributed by atoms with E-state index in [1.165, 1.54) is 13.4 Å². The fraction of sp³-hybridized carbons (Fsp3) is 0.154. The van der Waals surface area contributed by atoms with Gasteiger partial charge in [-0.25, -0.2) is 14.8 Å². The molecule has 1 amide bonds. The number of rotatable bonds is 4. The summed E-state index contributed by atoms with van der Waals surface area (Å²) >= 11 is 3.25. The van der Waals surface area contributed by atoms with E-state index in [0.717, 1.165) is 5.56 Å². The van der Waals surface area contributed by atoms with Crippen molar-refractivity contribution in [1.29, 1.82) is 0 Å². The molecule has 0 saturated heterocycles. The summed E-state index contributed by atoms with van der Waals surface area (Å²) in [5, 5.41) is 2.52. The van der Waals surface area contributed by atoms with Crippen LogP contribution in [0.1, 0.15) is 5.56 Å². The van der Waals surface area contributed by atoms with Crippen molar-refractivity contribution < 1.29 is 14.3 Å². The first kappa shape index (κ1) is 14.3. The second-order valence-corrected chi connectivity index (χ2v) is 4.53. The molecule has 7 heteroatoms. The van der Waals surface area contributed by atoms with Crippen LogP contribution in [0, 0.1) is 0 Å². The second kappa shape index (κ2) is 6.85. The monoisotopic (exact) mass is 337 g/mol. The first-order chi connectivity index (χ1) is 9.70. The Morgan fingerprint density at radius 2 is 2.05 bits per heavy atom. The zero-order valence-electron chi connectivity index (χ0n) is 10.7. The Kier molecular flexibility index (Phi) is 4.89. The minimum Gasteiger partial charge on any atom is -0.480 e. The topological polar surface area (TPSA) is 73.3 Å². The summed E-state index contributed by atoms with van der Waals surface area (Å²) in [5.41, 5.74) is 0.905. The third-order valence-electron chi connectivity index (χ3n) is 2.38. The van der Waals surface area contributed by atoms with Crippen molar-refractivity contribution >= 4 is 27.8 Å². The molecule has 6 nitrogen and oxygen atoms in total. The van der Waals surface area contributed by atoms with E-state index in [9.17, 15) is 4.79 Å². The number of anilines is 1. The quantitative estimate of drug-likeness (QED) is 0.928. The van der Waals surface area contributed by atoms with E-state index in [0.29, 0.717) is 10.4 Å². The van der Waals surface area contributed by atoms with Crippen LogP contribution in [0.2, 0.25) is 0 Å². The normalized spacial score (nSPS) is 9.90. The van der Waals surface area contributed by atoms with E-state index < -0.39 is 6.09 Å². The molecule has 0 aliphatic carbocycles. The molecule has 104 valence electrons. The van der Waals surface area contributed by atoms with E-state index in [1.54, 1.807) is 0 Å². The van der Waals surface area contributed by atoms with Crippen molar-refractivity contribution in [2.75, 3.05) is 12.4 Å². The van der Waals surface area contributed by atoms with Gasteiger partial charge in [-0.15, -0.1) is 0 Å². The largest absolute Gasteiger partial charge is 0.480 e. The number of nitrogens with one attached hydrogen (secondary N) is 1. The van der Waals surface area contributed by atoms with Crippen molar-refractivity contribution in [3.8, 4) is 5.88 Å². The molecule has 1 N–H and O–H groups in total. The Morgan fingerprint density at radius 3 is 2.75 bits per heavy atom. The van der Waals surface area contributed by atoms with Crippen molar-refractivity contribution in [3.05, 3.63) is 46.7 Å². The molecule has 20 heavy (non-hydrogen) atoms. The number of nitrogens with zero attached hydrogens (tertiary/aromatic N) is 2.